The van der Waals surface area contributed by atoms with Crippen LogP contribution in [0.15, 0.2) is 54.6 Å². The van der Waals surface area contributed by atoms with E-state index in [9.17, 15) is 5.11 Å². The van der Waals surface area contributed by atoms with Gasteiger partial charge in [-0.05, 0) is 47.9 Å². The zero-order valence-electron chi connectivity index (χ0n) is 12.2. The summed E-state index contributed by atoms with van der Waals surface area (Å²) in [6, 6.07) is 17.5. The first-order chi connectivity index (χ1) is 10.1. The van der Waals surface area contributed by atoms with E-state index in [1.807, 2.05) is 18.2 Å². The second kappa shape index (κ2) is 5.44. The van der Waals surface area contributed by atoms with Gasteiger partial charge in [-0.15, -0.1) is 0 Å². The highest BCUT2D eigenvalue weighted by Crippen LogP contribution is 2.25. The Morgan fingerprint density at radius 3 is 2.43 bits per heavy atom. The van der Waals surface area contributed by atoms with Crippen LogP contribution in [0.4, 0.5) is 11.5 Å². The summed E-state index contributed by atoms with van der Waals surface area (Å²) in [5.41, 5.74) is 3.10. The number of fused-ring (bicyclic) bond motifs is 1. The Hall–Kier alpha value is -2.55. The number of benzene rings is 2. The van der Waals surface area contributed by atoms with E-state index in [0.29, 0.717) is 5.92 Å². The zero-order valence-corrected chi connectivity index (χ0v) is 12.2. The van der Waals surface area contributed by atoms with Crippen molar-refractivity contribution in [3.05, 3.63) is 60.2 Å². The molecule has 21 heavy (non-hydrogen) atoms. The van der Waals surface area contributed by atoms with Gasteiger partial charge < -0.3 is 10.4 Å². The van der Waals surface area contributed by atoms with Crippen LogP contribution in [0.3, 0.4) is 0 Å². The molecule has 3 aromatic rings. The number of pyridine rings is 1. The van der Waals surface area contributed by atoms with Crippen LogP contribution in [0.1, 0.15) is 25.3 Å². The molecule has 106 valence electrons. The Kier molecular flexibility index (Phi) is 3.48. The third-order valence-electron chi connectivity index (χ3n) is 3.56. The van der Waals surface area contributed by atoms with E-state index in [2.05, 4.69) is 48.4 Å². The lowest BCUT2D eigenvalue weighted by Crippen LogP contribution is -1.94. The Balaban J connectivity index is 1.87. The minimum absolute atomic E-state index is 0.257. The molecule has 2 aromatic carbocycles. The number of aromatic hydroxyl groups is 1. The van der Waals surface area contributed by atoms with E-state index >= 15 is 0 Å². The zero-order chi connectivity index (χ0) is 14.8. The van der Waals surface area contributed by atoms with Gasteiger partial charge in [-0.1, -0.05) is 32.0 Å². The summed E-state index contributed by atoms with van der Waals surface area (Å²) in [6.45, 7) is 4.36. The summed E-state index contributed by atoms with van der Waals surface area (Å²) < 4.78 is 0. The molecule has 0 saturated carbocycles. The molecule has 0 aliphatic heterocycles. The van der Waals surface area contributed by atoms with E-state index in [4.69, 9.17) is 0 Å². The molecule has 0 fully saturated rings. The number of rotatable bonds is 3. The molecule has 2 N–H and O–H groups in total. The van der Waals surface area contributed by atoms with E-state index in [1.165, 1.54) is 5.56 Å². The van der Waals surface area contributed by atoms with Crippen LogP contribution >= 0.6 is 0 Å². The summed E-state index contributed by atoms with van der Waals surface area (Å²) in [7, 11) is 0. The molecule has 0 radical (unpaired) electrons. The van der Waals surface area contributed by atoms with Gasteiger partial charge in [0.15, 0.2) is 0 Å². The van der Waals surface area contributed by atoms with Gasteiger partial charge in [0.05, 0.1) is 5.52 Å². The topological polar surface area (TPSA) is 45.1 Å². The second-order valence-corrected chi connectivity index (χ2v) is 5.44. The van der Waals surface area contributed by atoms with Crippen molar-refractivity contribution in [3.63, 3.8) is 0 Å². The van der Waals surface area contributed by atoms with E-state index in [1.54, 1.807) is 12.1 Å². The lowest BCUT2D eigenvalue weighted by atomic mass is 10.0. The molecule has 3 heteroatoms. The minimum atomic E-state index is 0.257. The van der Waals surface area contributed by atoms with Crippen molar-refractivity contribution in [3.8, 4) is 5.75 Å². The van der Waals surface area contributed by atoms with Crippen LogP contribution in [0.25, 0.3) is 10.9 Å². The largest absolute Gasteiger partial charge is 0.507 e. The number of nitrogens with zero attached hydrogens (tertiary/aromatic N) is 1. The number of anilines is 2. The second-order valence-electron chi connectivity index (χ2n) is 5.44. The first kappa shape index (κ1) is 13.4. The number of hydrogen-bond acceptors (Lipinski definition) is 3. The van der Waals surface area contributed by atoms with Gasteiger partial charge in [0.2, 0.25) is 0 Å². The van der Waals surface area contributed by atoms with Crippen molar-refractivity contribution in [2.24, 2.45) is 0 Å². The molecule has 0 atom stereocenters. The first-order valence-corrected chi connectivity index (χ1v) is 7.09. The number of hydrogen-bond donors (Lipinski definition) is 2. The molecule has 0 aliphatic carbocycles. The van der Waals surface area contributed by atoms with Crippen LogP contribution in [-0.2, 0) is 0 Å². The highest BCUT2D eigenvalue weighted by atomic mass is 16.3. The van der Waals surface area contributed by atoms with Crippen molar-refractivity contribution in [2.75, 3.05) is 5.32 Å². The highest BCUT2D eigenvalue weighted by Gasteiger charge is 2.03. The first-order valence-electron chi connectivity index (χ1n) is 7.09. The maximum atomic E-state index is 9.77. The fraction of sp³-hybridized carbons (Fsp3) is 0.167. The third-order valence-corrected chi connectivity index (χ3v) is 3.56. The predicted octanol–water partition coefficient (Wildman–Crippen LogP) is 4.81. The quantitative estimate of drug-likeness (QED) is 0.722. The van der Waals surface area contributed by atoms with Crippen molar-refractivity contribution < 1.29 is 5.11 Å². The van der Waals surface area contributed by atoms with Gasteiger partial charge in [0, 0.05) is 11.1 Å². The van der Waals surface area contributed by atoms with Crippen molar-refractivity contribution >= 4 is 22.4 Å². The molecule has 3 rings (SSSR count). The molecule has 0 unspecified atom stereocenters. The summed E-state index contributed by atoms with van der Waals surface area (Å²) in [4.78, 5) is 4.52. The van der Waals surface area contributed by atoms with Gasteiger partial charge >= 0.3 is 0 Å². The maximum absolute atomic E-state index is 9.77. The SMILES string of the molecule is CC(C)c1ccc(Nc2ccc3c(O)cccc3n2)cc1. The number of nitrogens with one attached hydrogen (secondary N) is 1. The molecule has 0 bridgehead atoms. The molecule has 0 amide bonds. The lowest BCUT2D eigenvalue weighted by Gasteiger charge is -2.09. The van der Waals surface area contributed by atoms with Crippen molar-refractivity contribution in [1.82, 2.24) is 4.98 Å². The van der Waals surface area contributed by atoms with Gasteiger partial charge in [0.1, 0.15) is 11.6 Å². The van der Waals surface area contributed by atoms with Crippen LogP contribution in [0.5, 0.6) is 5.75 Å². The van der Waals surface area contributed by atoms with Gasteiger partial charge in [-0.25, -0.2) is 4.98 Å². The third kappa shape index (κ3) is 2.82. The number of aromatic nitrogens is 1. The Labute approximate surface area is 124 Å². The molecule has 0 saturated heterocycles. The Morgan fingerprint density at radius 2 is 1.71 bits per heavy atom. The fourth-order valence-electron chi connectivity index (χ4n) is 2.31. The van der Waals surface area contributed by atoms with E-state index in [-0.39, 0.29) is 5.75 Å². The predicted molar refractivity (Wildman–Crippen MR) is 87.2 cm³/mol. The summed E-state index contributed by atoms with van der Waals surface area (Å²) in [6.07, 6.45) is 0. The monoisotopic (exact) mass is 278 g/mol. The van der Waals surface area contributed by atoms with Gasteiger partial charge in [0.25, 0.3) is 0 Å². The lowest BCUT2D eigenvalue weighted by molar-refractivity contribution is 0.481. The van der Waals surface area contributed by atoms with E-state index < -0.39 is 0 Å². The summed E-state index contributed by atoms with van der Waals surface area (Å²) >= 11 is 0. The van der Waals surface area contributed by atoms with Crippen LogP contribution in [-0.4, -0.2) is 10.1 Å². The molecular weight excluding hydrogens is 260 g/mol. The van der Waals surface area contributed by atoms with Crippen LogP contribution in [0.2, 0.25) is 0 Å². The van der Waals surface area contributed by atoms with Gasteiger partial charge in [-0.2, -0.15) is 0 Å². The molecule has 0 aliphatic rings. The number of phenols is 1. The normalized spacial score (nSPS) is 11.0. The molecule has 3 nitrogen and oxygen atoms in total. The molecule has 0 spiro atoms. The Morgan fingerprint density at radius 1 is 0.952 bits per heavy atom. The average Bonchev–Trinajstić information content (AvgIpc) is 2.48. The van der Waals surface area contributed by atoms with E-state index in [0.717, 1.165) is 22.4 Å². The average molecular weight is 278 g/mol. The summed E-state index contributed by atoms with van der Waals surface area (Å²) in [5, 5.41) is 13.8. The van der Waals surface area contributed by atoms with Crippen LogP contribution in [0, 0.1) is 0 Å². The van der Waals surface area contributed by atoms with Crippen molar-refractivity contribution in [1.29, 1.82) is 0 Å². The van der Waals surface area contributed by atoms with Crippen LogP contribution < -0.4 is 5.32 Å². The summed E-state index contributed by atoms with van der Waals surface area (Å²) in [5.74, 6) is 1.55. The highest BCUT2D eigenvalue weighted by molar-refractivity contribution is 5.86. The standard InChI is InChI=1S/C18H18N2O/c1-12(2)13-6-8-14(9-7-13)19-18-11-10-15-16(20-18)4-3-5-17(15)21/h3-12,21H,1-2H3,(H,19,20). The number of phenolic OH excluding ortho intramolecular Hbond substituents is 1. The van der Waals surface area contributed by atoms with Crippen molar-refractivity contribution in [2.45, 2.75) is 19.8 Å². The molecule has 1 aromatic heterocycles. The van der Waals surface area contributed by atoms with Gasteiger partial charge in [-0.3, -0.25) is 0 Å². The minimum Gasteiger partial charge on any atom is -0.507 e. The smallest absolute Gasteiger partial charge is 0.131 e. The Bertz CT molecular complexity index is 764. The maximum Gasteiger partial charge on any atom is 0.131 e. The fourth-order valence-corrected chi connectivity index (χ4v) is 2.31. The molecule has 1 heterocycles. The molecular formula is C18H18N2O.